The van der Waals surface area contributed by atoms with Gasteiger partial charge in [-0.3, -0.25) is 0 Å². The van der Waals surface area contributed by atoms with Crippen LogP contribution in [0.2, 0.25) is 0 Å². The molecule has 1 heterocycles. The zero-order valence-electron chi connectivity index (χ0n) is 16.5. The molecule has 0 N–H and O–H groups in total. The Bertz CT molecular complexity index is 883. The fourth-order valence-electron chi connectivity index (χ4n) is 3.19. The van der Waals surface area contributed by atoms with E-state index in [1.54, 1.807) is 28.6 Å². The predicted molar refractivity (Wildman–Crippen MR) is 112 cm³/mol. The maximum atomic E-state index is 13.2. The first kappa shape index (κ1) is 20.6. The minimum atomic E-state index is -3.58. The van der Waals surface area contributed by atoms with Crippen LogP contribution in [0.3, 0.4) is 0 Å². The first-order valence-corrected chi connectivity index (χ1v) is 11.2. The molecule has 2 aromatic rings. The average Bonchev–Trinajstić information content (AvgIpc) is 3.21. The average molecular weight is 401 g/mol. The van der Waals surface area contributed by atoms with Gasteiger partial charge in [-0.2, -0.15) is 4.31 Å². The Morgan fingerprint density at radius 1 is 1.11 bits per heavy atom. The van der Waals surface area contributed by atoms with Gasteiger partial charge in [0.1, 0.15) is 6.61 Å². The van der Waals surface area contributed by atoms with Crippen LogP contribution in [0.25, 0.3) is 0 Å². The van der Waals surface area contributed by atoms with E-state index in [9.17, 15) is 8.42 Å². The highest BCUT2D eigenvalue weighted by Gasteiger charge is 2.27. The van der Waals surface area contributed by atoms with Gasteiger partial charge in [-0.05, 0) is 30.5 Å². The maximum absolute atomic E-state index is 13.2. The summed E-state index contributed by atoms with van der Waals surface area (Å²) in [6, 6.07) is 18.5. The van der Waals surface area contributed by atoms with E-state index in [2.05, 4.69) is 11.9 Å². The standard InChI is InChI=1S/C22H28N2O3S/c1-3-20-17-27-22(23-20)18(2)14-15-24(16-19-10-6-4-7-11-19)28(25,26)21-12-8-5-9-13-21/h4-13,18,20H,3,14-17H2,1-2H3/t18-,20+/m0/s1. The van der Waals surface area contributed by atoms with E-state index in [4.69, 9.17) is 4.74 Å². The number of rotatable bonds is 9. The number of sulfonamides is 1. The minimum absolute atomic E-state index is 0.0841. The van der Waals surface area contributed by atoms with Crippen LogP contribution >= 0.6 is 0 Å². The molecule has 2 aromatic carbocycles. The lowest BCUT2D eigenvalue weighted by molar-refractivity contribution is 0.290. The second-order valence-corrected chi connectivity index (χ2v) is 9.11. The molecular weight excluding hydrogens is 372 g/mol. The van der Waals surface area contributed by atoms with Crippen LogP contribution in [0.4, 0.5) is 0 Å². The number of aliphatic imine (C=N–C) groups is 1. The normalized spacial score (nSPS) is 18.0. The van der Waals surface area contributed by atoms with Crippen LogP contribution in [-0.4, -0.2) is 37.8 Å². The van der Waals surface area contributed by atoms with Crippen molar-refractivity contribution in [2.24, 2.45) is 10.9 Å². The zero-order chi connectivity index (χ0) is 20.0. The highest BCUT2D eigenvalue weighted by molar-refractivity contribution is 7.89. The van der Waals surface area contributed by atoms with Gasteiger partial charge in [0.25, 0.3) is 0 Å². The highest BCUT2D eigenvalue weighted by Crippen LogP contribution is 2.22. The number of nitrogens with zero attached hydrogens (tertiary/aromatic N) is 2. The summed E-state index contributed by atoms with van der Waals surface area (Å²) in [7, 11) is -3.58. The van der Waals surface area contributed by atoms with Crippen molar-refractivity contribution in [2.75, 3.05) is 13.2 Å². The second-order valence-electron chi connectivity index (χ2n) is 7.17. The summed E-state index contributed by atoms with van der Waals surface area (Å²) in [5.41, 5.74) is 0.968. The molecule has 150 valence electrons. The summed E-state index contributed by atoms with van der Waals surface area (Å²) >= 11 is 0. The highest BCUT2D eigenvalue weighted by atomic mass is 32.2. The Balaban J connectivity index is 1.77. The van der Waals surface area contributed by atoms with Crippen LogP contribution in [0.1, 0.15) is 32.3 Å². The molecule has 0 spiro atoms. The van der Waals surface area contributed by atoms with Gasteiger partial charge < -0.3 is 4.74 Å². The van der Waals surface area contributed by atoms with Crippen molar-refractivity contribution >= 4 is 15.9 Å². The van der Waals surface area contributed by atoms with Crippen molar-refractivity contribution < 1.29 is 13.2 Å². The zero-order valence-corrected chi connectivity index (χ0v) is 17.3. The molecule has 0 aromatic heterocycles. The minimum Gasteiger partial charge on any atom is -0.478 e. The van der Waals surface area contributed by atoms with Crippen molar-refractivity contribution in [1.82, 2.24) is 4.31 Å². The topological polar surface area (TPSA) is 59.0 Å². The summed E-state index contributed by atoms with van der Waals surface area (Å²) in [5, 5.41) is 0. The Labute approximate surface area is 168 Å². The van der Waals surface area contributed by atoms with E-state index in [-0.39, 0.29) is 12.0 Å². The lowest BCUT2D eigenvalue weighted by Gasteiger charge is -2.24. The van der Waals surface area contributed by atoms with Crippen molar-refractivity contribution in [2.45, 2.75) is 44.2 Å². The van der Waals surface area contributed by atoms with E-state index in [0.717, 1.165) is 17.9 Å². The lowest BCUT2D eigenvalue weighted by atomic mass is 10.1. The van der Waals surface area contributed by atoms with Gasteiger partial charge in [-0.25, -0.2) is 13.4 Å². The van der Waals surface area contributed by atoms with Gasteiger partial charge in [0.15, 0.2) is 5.90 Å². The van der Waals surface area contributed by atoms with Crippen LogP contribution in [0, 0.1) is 5.92 Å². The summed E-state index contributed by atoms with van der Waals surface area (Å²) in [4.78, 5) is 4.93. The van der Waals surface area contributed by atoms with Crippen LogP contribution in [-0.2, 0) is 21.3 Å². The quantitative estimate of drug-likeness (QED) is 0.636. The summed E-state index contributed by atoms with van der Waals surface area (Å²) in [6.07, 6.45) is 1.62. The predicted octanol–water partition coefficient (Wildman–Crippen LogP) is 4.11. The van der Waals surface area contributed by atoms with E-state index in [0.29, 0.717) is 31.0 Å². The Hall–Kier alpha value is -2.18. The molecule has 6 heteroatoms. The number of hydrogen-bond acceptors (Lipinski definition) is 4. The van der Waals surface area contributed by atoms with Crippen molar-refractivity contribution in [1.29, 1.82) is 0 Å². The number of benzene rings is 2. The molecule has 0 aliphatic carbocycles. The SMILES string of the molecule is CC[C@@H]1COC([C@@H](C)CCN(Cc2ccccc2)S(=O)(=O)c2ccccc2)=N1. The number of hydrogen-bond donors (Lipinski definition) is 0. The van der Waals surface area contributed by atoms with E-state index < -0.39 is 10.0 Å². The smallest absolute Gasteiger partial charge is 0.243 e. The lowest BCUT2D eigenvalue weighted by Crippen LogP contribution is -2.33. The first-order chi connectivity index (χ1) is 13.5. The third kappa shape index (κ3) is 5.00. The molecule has 0 unspecified atom stereocenters. The molecule has 0 saturated carbocycles. The fraction of sp³-hybridized carbons (Fsp3) is 0.409. The monoisotopic (exact) mass is 400 g/mol. The maximum Gasteiger partial charge on any atom is 0.243 e. The summed E-state index contributed by atoms with van der Waals surface area (Å²) in [5.74, 6) is 0.837. The molecule has 0 bridgehead atoms. The van der Waals surface area contributed by atoms with Gasteiger partial charge in [0, 0.05) is 19.0 Å². The molecule has 28 heavy (non-hydrogen) atoms. The fourth-order valence-corrected chi connectivity index (χ4v) is 4.65. The first-order valence-electron chi connectivity index (χ1n) is 9.80. The van der Waals surface area contributed by atoms with Gasteiger partial charge in [-0.1, -0.05) is 62.4 Å². The largest absolute Gasteiger partial charge is 0.478 e. The van der Waals surface area contributed by atoms with E-state index in [1.165, 1.54) is 0 Å². The van der Waals surface area contributed by atoms with Crippen molar-refractivity contribution in [3.63, 3.8) is 0 Å². The molecule has 1 aliphatic rings. The molecule has 3 rings (SSSR count). The third-order valence-electron chi connectivity index (χ3n) is 5.02. The number of ether oxygens (including phenoxy) is 1. The molecule has 0 radical (unpaired) electrons. The van der Waals surface area contributed by atoms with Crippen molar-refractivity contribution in [3.8, 4) is 0 Å². The molecule has 0 saturated heterocycles. The van der Waals surface area contributed by atoms with Crippen molar-refractivity contribution in [3.05, 3.63) is 66.2 Å². The van der Waals surface area contributed by atoms with E-state index in [1.807, 2.05) is 43.3 Å². The molecule has 1 aliphatic heterocycles. The summed E-state index contributed by atoms with van der Waals surface area (Å²) in [6.45, 7) is 5.53. The Morgan fingerprint density at radius 2 is 1.75 bits per heavy atom. The molecule has 0 fully saturated rings. The molecule has 0 amide bonds. The van der Waals surface area contributed by atoms with Gasteiger partial charge in [-0.15, -0.1) is 0 Å². The van der Waals surface area contributed by atoms with Crippen LogP contribution in [0.5, 0.6) is 0 Å². The van der Waals surface area contributed by atoms with Crippen LogP contribution in [0.15, 0.2) is 70.6 Å². The second kappa shape index (κ2) is 9.34. The molecular formula is C22H28N2O3S. The van der Waals surface area contributed by atoms with E-state index >= 15 is 0 Å². The van der Waals surface area contributed by atoms with Crippen LogP contribution < -0.4 is 0 Å². The Kier molecular flexibility index (Phi) is 6.86. The third-order valence-corrected chi connectivity index (χ3v) is 6.88. The molecule has 2 atom stereocenters. The summed E-state index contributed by atoms with van der Waals surface area (Å²) < 4.78 is 33.7. The van der Waals surface area contributed by atoms with Gasteiger partial charge >= 0.3 is 0 Å². The Morgan fingerprint density at radius 3 is 2.36 bits per heavy atom. The van der Waals surface area contributed by atoms with Gasteiger partial charge in [0.2, 0.25) is 10.0 Å². The molecule has 5 nitrogen and oxygen atoms in total. The van der Waals surface area contributed by atoms with Gasteiger partial charge in [0.05, 0.1) is 10.9 Å².